The molecule has 2 atom stereocenters. The van der Waals surface area contributed by atoms with Crippen LogP contribution in [0.25, 0.3) is 0 Å². The van der Waals surface area contributed by atoms with Crippen molar-refractivity contribution in [3.05, 3.63) is 47.7 Å². The van der Waals surface area contributed by atoms with Gasteiger partial charge in [0.05, 0.1) is 30.8 Å². The number of rotatable bonds is 11. The van der Waals surface area contributed by atoms with Gasteiger partial charge < -0.3 is 24.1 Å². The van der Waals surface area contributed by atoms with Gasteiger partial charge in [-0.15, -0.1) is 10.2 Å². The second-order valence-electron chi connectivity index (χ2n) is 8.20. The van der Waals surface area contributed by atoms with Gasteiger partial charge in [-0.2, -0.15) is 0 Å². The van der Waals surface area contributed by atoms with E-state index >= 15 is 0 Å². The van der Waals surface area contributed by atoms with Crippen LogP contribution >= 0.6 is 0 Å². The monoisotopic (exact) mass is 522 g/mol. The van der Waals surface area contributed by atoms with Crippen LogP contribution in [0.15, 0.2) is 34.7 Å². The van der Waals surface area contributed by atoms with E-state index in [1.165, 1.54) is 4.90 Å². The van der Waals surface area contributed by atoms with Crippen molar-refractivity contribution in [2.24, 2.45) is 0 Å². The number of morpholine rings is 1. The van der Waals surface area contributed by atoms with E-state index in [4.69, 9.17) is 13.9 Å². The van der Waals surface area contributed by atoms with Gasteiger partial charge >= 0.3 is 6.09 Å². The average molecular weight is 523 g/mol. The molecule has 3 rings (SSSR count). The average Bonchev–Trinajstić information content (AvgIpc) is 3.36. The van der Waals surface area contributed by atoms with Gasteiger partial charge in [0.15, 0.2) is 15.9 Å². The van der Waals surface area contributed by atoms with Crippen LogP contribution in [0.2, 0.25) is 0 Å². The third-order valence-electron chi connectivity index (χ3n) is 5.46. The molecule has 12 nitrogen and oxygen atoms in total. The van der Waals surface area contributed by atoms with Crippen molar-refractivity contribution in [1.82, 2.24) is 20.4 Å². The zero-order chi connectivity index (χ0) is 26.1. The molecule has 13 heteroatoms. The predicted octanol–water partition coefficient (Wildman–Crippen LogP) is 1.16. The number of carbonyl (C=O) groups is 3. The molecule has 2 aromatic rings. The number of nitrogens with one attached hydrogen (secondary N) is 1. The largest absolute Gasteiger partial charge is 0.435 e. The van der Waals surface area contributed by atoms with E-state index in [-0.39, 0.29) is 37.0 Å². The van der Waals surface area contributed by atoms with Crippen LogP contribution in [-0.2, 0) is 36.3 Å². The number of hydrogen-bond acceptors (Lipinski definition) is 10. The Hall–Kier alpha value is -3.32. The maximum Gasteiger partial charge on any atom is 0.410 e. The highest BCUT2D eigenvalue weighted by atomic mass is 32.2. The molecule has 1 aliphatic rings. The molecule has 1 aromatic carbocycles. The Morgan fingerprint density at radius 2 is 1.81 bits per heavy atom. The fourth-order valence-electron chi connectivity index (χ4n) is 3.49. The van der Waals surface area contributed by atoms with E-state index in [0.717, 1.165) is 0 Å². The standard InChI is InChI=1S/C23H30N4O8S/c1-3-17(20(28)22-26-25-19(4-2)35-22)24-21(29)18(34-23(30)27-10-12-33-13-11-27)15-36(31,32)14-16-8-6-5-7-9-16/h5-9,17-18H,3-4,10-15H2,1-2H3,(H,24,29)/t17-,18-/m0/s1. The summed E-state index contributed by atoms with van der Waals surface area (Å²) in [7, 11) is -3.88. The number of aromatic nitrogens is 2. The second kappa shape index (κ2) is 12.6. The van der Waals surface area contributed by atoms with Crippen LogP contribution in [0, 0.1) is 0 Å². The summed E-state index contributed by atoms with van der Waals surface area (Å²) in [6.07, 6.45) is -1.92. The van der Waals surface area contributed by atoms with Gasteiger partial charge in [-0.3, -0.25) is 9.59 Å². The number of nitrogens with zero attached hydrogens (tertiary/aromatic N) is 3. The molecule has 1 fully saturated rings. The third-order valence-corrected chi connectivity index (χ3v) is 7.04. The van der Waals surface area contributed by atoms with E-state index in [0.29, 0.717) is 25.2 Å². The first-order chi connectivity index (χ1) is 17.2. The number of ether oxygens (including phenoxy) is 2. The van der Waals surface area contributed by atoms with E-state index in [9.17, 15) is 22.8 Å². The minimum absolute atomic E-state index is 0.162. The Bertz CT molecular complexity index is 1150. The van der Waals surface area contributed by atoms with Crippen molar-refractivity contribution in [3.63, 3.8) is 0 Å². The smallest absolute Gasteiger partial charge is 0.410 e. The zero-order valence-electron chi connectivity index (χ0n) is 20.2. The van der Waals surface area contributed by atoms with Crippen LogP contribution in [0.1, 0.15) is 42.4 Å². The number of Topliss-reactive ketones (excluding diaryl/α,β-unsaturated/α-hetero) is 1. The van der Waals surface area contributed by atoms with Crippen LogP contribution in [-0.4, -0.2) is 85.5 Å². The van der Waals surface area contributed by atoms with Crippen molar-refractivity contribution < 1.29 is 36.7 Å². The second-order valence-corrected chi connectivity index (χ2v) is 10.3. The van der Waals surface area contributed by atoms with E-state index in [1.54, 1.807) is 44.2 Å². The number of sulfone groups is 1. The molecule has 1 aromatic heterocycles. The van der Waals surface area contributed by atoms with Gasteiger partial charge in [-0.25, -0.2) is 13.2 Å². The van der Waals surface area contributed by atoms with Crippen LogP contribution in [0.5, 0.6) is 0 Å². The lowest BCUT2D eigenvalue weighted by atomic mass is 10.1. The Morgan fingerprint density at radius 1 is 1.11 bits per heavy atom. The number of amides is 2. The quantitative estimate of drug-likeness (QED) is 0.425. The van der Waals surface area contributed by atoms with Crippen LogP contribution in [0.4, 0.5) is 4.79 Å². The molecule has 1 aliphatic heterocycles. The van der Waals surface area contributed by atoms with Gasteiger partial charge in [0.2, 0.25) is 11.7 Å². The van der Waals surface area contributed by atoms with E-state index < -0.39 is 45.5 Å². The van der Waals surface area contributed by atoms with Gasteiger partial charge in [0.1, 0.15) is 0 Å². The maximum atomic E-state index is 13.1. The first-order valence-electron chi connectivity index (χ1n) is 11.7. The maximum absolute atomic E-state index is 13.1. The predicted molar refractivity (Wildman–Crippen MR) is 127 cm³/mol. The van der Waals surface area contributed by atoms with Gasteiger partial charge in [0, 0.05) is 19.5 Å². The summed E-state index contributed by atoms with van der Waals surface area (Å²) in [5.41, 5.74) is 0.529. The molecule has 2 heterocycles. The minimum Gasteiger partial charge on any atom is -0.435 e. The number of carbonyl (C=O) groups excluding carboxylic acids is 3. The molecule has 2 amide bonds. The molecule has 0 radical (unpaired) electrons. The van der Waals surface area contributed by atoms with Crippen molar-refractivity contribution in [1.29, 1.82) is 0 Å². The van der Waals surface area contributed by atoms with Crippen molar-refractivity contribution in [2.45, 2.75) is 44.6 Å². The van der Waals surface area contributed by atoms with Crippen molar-refractivity contribution in [2.75, 3.05) is 32.1 Å². The summed E-state index contributed by atoms with van der Waals surface area (Å²) >= 11 is 0. The van der Waals surface area contributed by atoms with Crippen LogP contribution < -0.4 is 5.32 Å². The molecule has 0 unspecified atom stereocenters. The SMILES string of the molecule is CCc1nnc(C(=O)[C@H](CC)NC(=O)[C@H](CS(=O)(=O)Cc2ccccc2)OC(=O)N2CCOCC2)o1. The Balaban J connectivity index is 1.76. The number of benzene rings is 1. The first-order valence-corrected chi connectivity index (χ1v) is 13.5. The number of aryl methyl sites for hydroxylation is 1. The molecule has 36 heavy (non-hydrogen) atoms. The molecular formula is C23H30N4O8S. The topological polar surface area (TPSA) is 158 Å². The lowest BCUT2D eigenvalue weighted by Crippen LogP contribution is -2.51. The highest BCUT2D eigenvalue weighted by Gasteiger charge is 2.34. The molecule has 1 saturated heterocycles. The van der Waals surface area contributed by atoms with Gasteiger partial charge in [0.25, 0.3) is 11.8 Å². The fraction of sp³-hybridized carbons (Fsp3) is 0.522. The Morgan fingerprint density at radius 3 is 2.42 bits per heavy atom. The summed E-state index contributed by atoms with van der Waals surface area (Å²) in [6.45, 7) is 4.53. The third kappa shape index (κ3) is 7.59. The highest BCUT2D eigenvalue weighted by molar-refractivity contribution is 7.90. The van der Waals surface area contributed by atoms with Crippen LogP contribution in [0.3, 0.4) is 0 Å². The molecule has 1 N–H and O–H groups in total. The molecular weight excluding hydrogens is 492 g/mol. The zero-order valence-corrected chi connectivity index (χ0v) is 21.0. The summed E-state index contributed by atoms with van der Waals surface area (Å²) in [5, 5.41) is 9.94. The Kier molecular flexibility index (Phi) is 9.53. The van der Waals surface area contributed by atoms with E-state index in [1.807, 2.05) is 0 Å². The summed E-state index contributed by atoms with van der Waals surface area (Å²) in [4.78, 5) is 40.0. The summed E-state index contributed by atoms with van der Waals surface area (Å²) in [5.74, 6) is -2.63. The highest BCUT2D eigenvalue weighted by Crippen LogP contribution is 2.13. The number of hydrogen-bond donors (Lipinski definition) is 1. The van der Waals surface area contributed by atoms with E-state index in [2.05, 4.69) is 15.5 Å². The summed E-state index contributed by atoms with van der Waals surface area (Å²) in [6, 6.07) is 7.37. The molecule has 196 valence electrons. The lowest BCUT2D eigenvalue weighted by Gasteiger charge is -2.28. The first kappa shape index (κ1) is 27.3. The lowest BCUT2D eigenvalue weighted by molar-refractivity contribution is -0.129. The van der Waals surface area contributed by atoms with Crippen molar-refractivity contribution >= 4 is 27.6 Å². The van der Waals surface area contributed by atoms with Crippen molar-refractivity contribution in [3.8, 4) is 0 Å². The normalized spacial score (nSPS) is 15.7. The Labute approximate surface area is 209 Å². The molecule has 0 spiro atoms. The fourth-order valence-corrected chi connectivity index (χ4v) is 4.98. The molecule has 0 saturated carbocycles. The van der Waals surface area contributed by atoms with Gasteiger partial charge in [-0.1, -0.05) is 44.2 Å². The number of ketones is 1. The molecule has 0 bridgehead atoms. The summed E-state index contributed by atoms with van der Waals surface area (Å²) < 4.78 is 41.7. The minimum atomic E-state index is -3.88. The van der Waals surface area contributed by atoms with Gasteiger partial charge in [-0.05, 0) is 12.0 Å². The molecule has 0 aliphatic carbocycles.